The fourth-order valence-corrected chi connectivity index (χ4v) is 2.23. The molecule has 0 aromatic rings. The lowest BCUT2D eigenvalue weighted by molar-refractivity contribution is -0.164. The van der Waals surface area contributed by atoms with E-state index in [9.17, 15) is 9.59 Å². The van der Waals surface area contributed by atoms with Gasteiger partial charge in [0.1, 0.15) is 11.6 Å². The molecule has 0 aliphatic heterocycles. The van der Waals surface area contributed by atoms with Gasteiger partial charge in [0.15, 0.2) is 0 Å². The average Bonchev–Trinajstić information content (AvgIpc) is 2.37. The fraction of sp³-hybridized carbons (Fsp3) is 0.889. The number of ether oxygens (including phenoxy) is 1. The number of carbonyl (C=O) groups is 2. The highest BCUT2D eigenvalue weighted by Gasteiger charge is 2.29. The highest BCUT2D eigenvalue weighted by atomic mass is 16.6. The third-order valence-electron chi connectivity index (χ3n) is 3.34. The van der Waals surface area contributed by atoms with E-state index in [-0.39, 0.29) is 11.9 Å². The van der Waals surface area contributed by atoms with Crippen molar-refractivity contribution in [3.05, 3.63) is 0 Å². The molecule has 1 unspecified atom stereocenters. The van der Waals surface area contributed by atoms with Gasteiger partial charge in [0, 0.05) is 13.0 Å². The first-order valence-electron chi connectivity index (χ1n) is 8.60. The molecule has 0 rings (SSSR count). The van der Waals surface area contributed by atoms with Crippen LogP contribution in [0.5, 0.6) is 0 Å². The van der Waals surface area contributed by atoms with Crippen LogP contribution in [0.3, 0.4) is 0 Å². The summed E-state index contributed by atoms with van der Waals surface area (Å²) < 4.78 is 5.42. The molecule has 0 heterocycles. The fourth-order valence-electron chi connectivity index (χ4n) is 2.23. The second-order valence-corrected chi connectivity index (χ2v) is 7.46. The van der Waals surface area contributed by atoms with Gasteiger partial charge in [-0.2, -0.15) is 0 Å². The van der Waals surface area contributed by atoms with Crippen molar-refractivity contribution in [3.63, 3.8) is 0 Å². The molecule has 0 aliphatic carbocycles. The zero-order valence-corrected chi connectivity index (χ0v) is 15.6. The van der Waals surface area contributed by atoms with Gasteiger partial charge in [0.05, 0.1) is 0 Å². The highest BCUT2D eigenvalue weighted by Crippen LogP contribution is 2.15. The zero-order chi connectivity index (χ0) is 17.3. The normalized spacial score (nSPS) is 13.1. The SMILES string of the molecule is CCCCCCC(=O)N(CC(C)C)C(C)C(=O)OC(C)(C)C. The van der Waals surface area contributed by atoms with Gasteiger partial charge in [0.2, 0.25) is 5.91 Å². The number of unbranched alkanes of at least 4 members (excludes halogenated alkanes) is 3. The first kappa shape index (κ1) is 20.9. The molecule has 0 bridgehead atoms. The number of carbonyl (C=O) groups excluding carboxylic acids is 2. The van der Waals surface area contributed by atoms with Gasteiger partial charge < -0.3 is 9.64 Å². The van der Waals surface area contributed by atoms with Gasteiger partial charge in [0.25, 0.3) is 0 Å². The first-order chi connectivity index (χ1) is 10.1. The van der Waals surface area contributed by atoms with Crippen molar-refractivity contribution in [1.29, 1.82) is 0 Å². The van der Waals surface area contributed by atoms with Gasteiger partial charge >= 0.3 is 5.97 Å². The maximum Gasteiger partial charge on any atom is 0.329 e. The van der Waals surface area contributed by atoms with E-state index in [1.807, 2.05) is 20.8 Å². The number of hydrogen-bond donors (Lipinski definition) is 0. The molecule has 1 amide bonds. The molecular weight excluding hydrogens is 278 g/mol. The van der Waals surface area contributed by atoms with Crippen LogP contribution in [0, 0.1) is 5.92 Å². The summed E-state index contributed by atoms with van der Waals surface area (Å²) in [7, 11) is 0. The molecule has 0 N–H and O–H groups in total. The van der Waals surface area contributed by atoms with Crippen LogP contribution in [0.15, 0.2) is 0 Å². The molecular formula is C18H35NO3. The van der Waals surface area contributed by atoms with E-state index in [1.165, 1.54) is 0 Å². The van der Waals surface area contributed by atoms with Gasteiger partial charge in [-0.25, -0.2) is 4.79 Å². The smallest absolute Gasteiger partial charge is 0.329 e. The third-order valence-corrected chi connectivity index (χ3v) is 3.34. The van der Waals surface area contributed by atoms with Gasteiger partial charge in [-0.15, -0.1) is 0 Å². The zero-order valence-electron chi connectivity index (χ0n) is 15.6. The Balaban J connectivity index is 4.73. The number of nitrogens with zero attached hydrogens (tertiary/aromatic N) is 1. The Hall–Kier alpha value is -1.06. The third kappa shape index (κ3) is 9.06. The second kappa shape index (κ2) is 9.86. The molecule has 130 valence electrons. The van der Waals surface area contributed by atoms with E-state index < -0.39 is 11.6 Å². The summed E-state index contributed by atoms with van der Waals surface area (Å²) >= 11 is 0. The number of hydrogen-bond acceptors (Lipinski definition) is 3. The standard InChI is InChI=1S/C18H35NO3/c1-8-9-10-11-12-16(20)19(13-14(2)3)15(4)17(21)22-18(5,6)7/h14-15H,8-13H2,1-7H3. The molecule has 1 atom stereocenters. The van der Waals surface area contributed by atoms with Crippen LogP contribution in [0.2, 0.25) is 0 Å². The van der Waals surface area contributed by atoms with Crippen LogP contribution in [0.1, 0.15) is 80.6 Å². The summed E-state index contributed by atoms with van der Waals surface area (Å²) in [5.41, 5.74) is -0.529. The highest BCUT2D eigenvalue weighted by molar-refractivity contribution is 5.84. The molecule has 0 fully saturated rings. The van der Waals surface area contributed by atoms with E-state index >= 15 is 0 Å². The maximum absolute atomic E-state index is 12.5. The lowest BCUT2D eigenvalue weighted by atomic mass is 10.1. The Labute approximate surface area is 136 Å². The second-order valence-electron chi connectivity index (χ2n) is 7.46. The van der Waals surface area contributed by atoms with Gasteiger partial charge in [-0.05, 0) is 40.0 Å². The average molecular weight is 313 g/mol. The quantitative estimate of drug-likeness (QED) is 0.474. The molecule has 0 saturated carbocycles. The summed E-state index contributed by atoms with van der Waals surface area (Å²) in [5, 5.41) is 0. The Morgan fingerprint density at radius 3 is 2.09 bits per heavy atom. The van der Waals surface area contributed by atoms with Gasteiger partial charge in [-0.3, -0.25) is 4.79 Å². The summed E-state index contributed by atoms with van der Waals surface area (Å²) in [5.74, 6) is 0.0581. The predicted molar refractivity (Wildman–Crippen MR) is 90.6 cm³/mol. The van der Waals surface area contributed by atoms with Crippen LogP contribution in [-0.2, 0) is 14.3 Å². The van der Waals surface area contributed by atoms with Gasteiger partial charge in [-0.1, -0.05) is 40.0 Å². The van der Waals surface area contributed by atoms with Crippen molar-refractivity contribution < 1.29 is 14.3 Å². The van der Waals surface area contributed by atoms with Crippen LogP contribution < -0.4 is 0 Å². The minimum absolute atomic E-state index is 0.0585. The molecule has 0 aromatic carbocycles. The molecule has 0 saturated heterocycles. The topological polar surface area (TPSA) is 46.6 Å². The molecule has 0 aliphatic rings. The Morgan fingerprint density at radius 1 is 1.05 bits per heavy atom. The van der Waals surface area contributed by atoms with E-state index in [2.05, 4.69) is 20.8 Å². The molecule has 0 radical (unpaired) electrons. The minimum atomic E-state index is -0.529. The number of amides is 1. The van der Waals surface area contributed by atoms with Crippen molar-refractivity contribution in [2.24, 2.45) is 5.92 Å². The molecule has 0 spiro atoms. The summed E-state index contributed by atoms with van der Waals surface area (Å²) in [4.78, 5) is 26.4. The minimum Gasteiger partial charge on any atom is -0.458 e. The largest absolute Gasteiger partial charge is 0.458 e. The van der Waals surface area contributed by atoms with Crippen LogP contribution in [0.4, 0.5) is 0 Å². The maximum atomic E-state index is 12.5. The lowest BCUT2D eigenvalue weighted by Gasteiger charge is -2.31. The molecule has 4 heteroatoms. The van der Waals surface area contributed by atoms with Crippen LogP contribution in [-0.4, -0.2) is 35.0 Å². The first-order valence-corrected chi connectivity index (χ1v) is 8.60. The summed E-state index contributed by atoms with van der Waals surface area (Å²) in [6, 6.07) is -0.527. The van der Waals surface area contributed by atoms with Crippen LogP contribution >= 0.6 is 0 Å². The van der Waals surface area contributed by atoms with Crippen molar-refractivity contribution >= 4 is 11.9 Å². The Kier molecular flexibility index (Phi) is 9.38. The van der Waals surface area contributed by atoms with Crippen molar-refractivity contribution in [3.8, 4) is 0 Å². The summed E-state index contributed by atoms with van der Waals surface area (Å²) in [6.07, 6.45) is 4.78. The monoisotopic (exact) mass is 313 g/mol. The molecule has 0 aromatic heterocycles. The molecule has 22 heavy (non-hydrogen) atoms. The predicted octanol–water partition coefficient (Wildman–Crippen LogP) is 4.17. The van der Waals surface area contributed by atoms with E-state index in [1.54, 1.807) is 11.8 Å². The van der Waals surface area contributed by atoms with Crippen molar-refractivity contribution in [2.75, 3.05) is 6.54 Å². The van der Waals surface area contributed by atoms with E-state index in [0.29, 0.717) is 18.9 Å². The number of esters is 1. The Bertz CT molecular complexity index is 345. The summed E-state index contributed by atoms with van der Waals surface area (Å²) in [6.45, 7) is 14.1. The molecule has 4 nitrogen and oxygen atoms in total. The lowest BCUT2D eigenvalue weighted by Crippen LogP contribution is -2.47. The van der Waals surface area contributed by atoms with Crippen LogP contribution in [0.25, 0.3) is 0 Å². The van der Waals surface area contributed by atoms with E-state index in [4.69, 9.17) is 4.74 Å². The van der Waals surface area contributed by atoms with E-state index in [0.717, 1.165) is 25.7 Å². The van der Waals surface area contributed by atoms with Crippen molar-refractivity contribution in [2.45, 2.75) is 92.2 Å². The number of rotatable bonds is 9. The van der Waals surface area contributed by atoms with Crippen molar-refractivity contribution in [1.82, 2.24) is 4.90 Å². The Morgan fingerprint density at radius 2 is 1.64 bits per heavy atom.